The molecule has 9 heteroatoms. The Kier molecular flexibility index (Phi) is 4.05. The van der Waals surface area contributed by atoms with Crippen LogP contribution in [-0.4, -0.2) is 25.2 Å². The molecule has 1 aromatic heterocycles. The number of rotatable bonds is 5. The minimum absolute atomic E-state index is 0.0440. The SMILES string of the molecule is CCOc1ccc(Cl)cc1NS(=O)(=O)c1cn[nH]c1N. The van der Waals surface area contributed by atoms with Crippen LogP contribution < -0.4 is 15.2 Å². The number of hydrogen-bond acceptors (Lipinski definition) is 5. The number of nitrogens with zero attached hydrogens (tertiary/aromatic N) is 1. The predicted octanol–water partition coefficient (Wildman–Crippen LogP) is 1.84. The Morgan fingerprint density at radius 1 is 1.50 bits per heavy atom. The molecule has 0 spiro atoms. The van der Waals surface area contributed by atoms with E-state index in [4.69, 9.17) is 22.1 Å². The molecule has 1 heterocycles. The first-order chi connectivity index (χ1) is 9.44. The first-order valence-electron chi connectivity index (χ1n) is 5.68. The maximum atomic E-state index is 12.2. The Hall–Kier alpha value is -1.93. The Morgan fingerprint density at radius 2 is 2.25 bits per heavy atom. The molecule has 0 radical (unpaired) electrons. The topological polar surface area (TPSA) is 110 Å². The van der Waals surface area contributed by atoms with Gasteiger partial charge in [0.2, 0.25) is 0 Å². The second-order valence-electron chi connectivity index (χ2n) is 3.83. The van der Waals surface area contributed by atoms with Gasteiger partial charge in [0.25, 0.3) is 10.0 Å². The van der Waals surface area contributed by atoms with Gasteiger partial charge < -0.3 is 10.5 Å². The van der Waals surface area contributed by atoms with Crippen molar-refractivity contribution in [3.63, 3.8) is 0 Å². The molecular weight excluding hydrogens is 304 g/mol. The lowest BCUT2D eigenvalue weighted by Crippen LogP contribution is -2.14. The van der Waals surface area contributed by atoms with Crippen LogP contribution in [0.15, 0.2) is 29.3 Å². The van der Waals surface area contributed by atoms with E-state index in [1.54, 1.807) is 19.1 Å². The van der Waals surface area contributed by atoms with Crippen molar-refractivity contribution in [3.05, 3.63) is 29.4 Å². The number of aromatic amines is 1. The summed E-state index contributed by atoms with van der Waals surface area (Å²) in [6.45, 7) is 2.19. The number of sulfonamides is 1. The van der Waals surface area contributed by atoms with E-state index in [9.17, 15) is 8.42 Å². The lowest BCUT2D eigenvalue weighted by atomic mass is 10.3. The first-order valence-corrected chi connectivity index (χ1v) is 7.54. The van der Waals surface area contributed by atoms with Crippen molar-refractivity contribution in [2.45, 2.75) is 11.8 Å². The van der Waals surface area contributed by atoms with Crippen LogP contribution in [0.4, 0.5) is 11.5 Å². The fourth-order valence-corrected chi connectivity index (χ4v) is 2.82. The third kappa shape index (κ3) is 2.97. The van der Waals surface area contributed by atoms with Crippen molar-refractivity contribution >= 4 is 33.1 Å². The van der Waals surface area contributed by atoms with Crippen molar-refractivity contribution in [2.24, 2.45) is 0 Å². The minimum atomic E-state index is -3.87. The Bertz CT molecular complexity index is 714. The molecule has 108 valence electrons. The summed E-state index contributed by atoms with van der Waals surface area (Å²) < 4.78 is 32.1. The summed E-state index contributed by atoms with van der Waals surface area (Å²) in [5.41, 5.74) is 5.75. The lowest BCUT2D eigenvalue weighted by molar-refractivity contribution is 0.342. The normalized spacial score (nSPS) is 11.3. The van der Waals surface area contributed by atoms with E-state index in [0.717, 1.165) is 6.20 Å². The summed E-state index contributed by atoms with van der Waals surface area (Å²) in [6.07, 6.45) is 1.13. The number of H-pyrrole nitrogens is 1. The molecular formula is C11H13ClN4O3S. The molecule has 1 aromatic carbocycles. The fraction of sp³-hybridized carbons (Fsp3) is 0.182. The van der Waals surface area contributed by atoms with E-state index < -0.39 is 10.0 Å². The number of benzene rings is 1. The zero-order chi connectivity index (χ0) is 14.8. The summed E-state index contributed by atoms with van der Waals surface area (Å²) >= 11 is 5.87. The standard InChI is InChI=1S/C11H13ClN4O3S/c1-2-19-9-4-3-7(12)5-8(9)16-20(17,18)10-6-14-15-11(10)13/h3-6,16H,2H2,1H3,(H3,13,14,15). The molecule has 0 aliphatic heterocycles. The van der Waals surface area contributed by atoms with E-state index >= 15 is 0 Å². The monoisotopic (exact) mass is 316 g/mol. The van der Waals surface area contributed by atoms with Crippen LogP contribution in [0.5, 0.6) is 5.75 Å². The van der Waals surface area contributed by atoms with Crippen molar-refractivity contribution in [1.29, 1.82) is 0 Å². The molecule has 7 nitrogen and oxygen atoms in total. The van der Waals surface area contributed by atoms with Gasteiger partial charge in [-0.15, -0.1) is 0 Å². The molecule has 20 heavy (non-hydrogen) atoms. The van der Waals surface area contributed by atoms with E-state index in [1.165, 1.54) is 6.07 Å². The zero-order valence-electron chi connectivity index (χ0n) is 10.6. The van der Waals surface area contributed by atoms with Crippen molar-refractivity contribution in [1.82, 2.24) is 10.2 Å². The Balaban J connectivity index is 2.39. The lowest BCUT2D eigenvalue weighted by Gasteiger charge is -2.12. The van der Waals surface area contributed by atoms with Gasteiger partial charge in [-0.2, -0.15) is 5.10 Å². The highest BCUT2D eigenvalue weighted by Gasteiger charge is 2.21. The second kappa shape index (κ2) is 5.59. The van der Waals surface area contributed by atoms with E-state index in [1.807, 2.05) is 0 Å². The number of aromatic nitrogens is 2. The van der Waals surface area contributed by atoms with Gasteiger partial charge in [0.05, 0.1) is 18.5 Å². The predicted molar refractivity (Wildman–Crippen MR) is 76.4 cm³/mol. The highest BCUT2D eigenvalue weighted by molar-refractivity contribution is 7.92. The average Bonchev–Trinajstić information content (AvgIpc) is 2.79. The van der Waals surface area contributed by atoms with Crippen LogP contribution in [0.3, 0.4) is 0 Å². The molecule has 0 amide bonds. The van der Waals surface area contributed by atoms with Gasteiger partial charge in [-0.25, -0.2) is 8.42 Å². The Labute approximate surface area is 121 Å². The number of nitrogens with two attached hydrogens (primary N) is 1. The number of ether oxygens (including phenoxy) is 1. The van der Waals surface area contributed by atoms with Gasteiger partial charge in [0, 0.05) is 5.02 Å². The van der Waals surface area contributed by atoms with E-state index in [2.05, 4.69) is 14.9 Å². The summed E-state index contributed by atoms with van der Waals surface area (Å²) in [5.74, 6) is 0.333. The Morgan fingerprint density at radius 3 is 2.85 bits per heavy atom. The maximum Gasteiger partial charge on any atom is 0.267 e. The van der Waals surface area contributed by atoms with Crippen LogP contribution in [-0.2, 0) is 10.0 Å². The maximum absolute atomic E-state index is 12.2. The van der Waals surface area contributed by atoms with E-state index in [0.29, 0.717) is 17.4 Å². The van der Waals surface area contributed by atoms with Gasteiger partial charge in [-0.05, 0) is 25.1 Å². The largest absolute Gasteiger partial charge is 0.492 e. The first kappa shape index (κ1) is 14.5. The van der Waals surface area contributed by atoms with Crippen molar-refractivity contribution in [2.75, 3.05) is 17.1 Å². The summed E-state index contributed by atoms with van der Waals surface area (Å²) in [6, 6.07) is 4.65. The number of nitrogens with one attached hydrogen (secondary N) is 2. The van der Waals surface area contributed by atoms with Gasteiger partial charge >= 0.3 is 0 Å². The summed E-state index contributed by atoms with van der Waals surface area (Å²) in [5, 5.41) is 6.32. The third-order valence-electron chi connectivity index (χ3n) is 2.41. The number of nitrogen functional groups attached to an aromatic ring is 1. The second-order valence-corrected chi connectivity index (χ2v) is 5.91. The number of anilines is 2. The minimum Gasteiger partial charge on any atom is -0.492 e. The van der Waals surface area contributed by atoms with Gasteiger partial charge in [-0.1, -0.05) is 11.6 Å². The molecule has 0 bridgehead atoms. The van der Waals surface area contributed by atoms with Crippen LogP contribution in [0.25, 0.3) is 0 Å². The molecule has 0 aliphatic rings. The van der Waals surface area contributed by atoms with Gasteiger partial charge in [-0.3, -0.25) is 9.82 Å². The van der Waals surface area contributed by atoms with Gasteiger partial charge in [0.15, 0.2) is 0 Å². The average molecular weight is 317 g/mol. The van der Waals surface area contributed by atoms with Crippen LogP contribution in [0.1, 0.15) is 6.92 Å². The fourth-order valence-electron chi connectivity index (χ4n) is 1.56. The van der Waals surface area contributed by atoms with E-state index in [-0.39, 0.29) is 16.4 Å². The molecule has 0 fully saturated rings. The molecule has 0 unspecified atom stereocenters. The molecule has 2 rings (SSSR count). The molecule has 0 saturated heterocycles. The summed E-state index contributed by atoms with van der Waals surface area (Å²) in [4.78, 5) is -0.139. The van der Waals surface area contributed by atoms with Crippen LogP contribution >= 0.6 is 11.6 Å². The highest BCUT2D eigenvalue weighted by Crippen LogP contribution is 2.30. The van der Waals surface area contributed by atoms with Crippen LogP contribution in [0, 0.1) is 0 Å². The molecule has 0 aliphatic carbocycles. The van der Waals surface area contributed by atoms with Gasteiger partial charge in [0.1, 0.15) is 16.5 Å². The highest BCUT2D eigenvalue weighted by atomic mass is 35.5. The quantitative estimate of drug-likeness (QED) is 0.779. The molecule has 2 aromatic rings. The number of halogens is 1. The van der Waals surface area contributed by atoms with Crippen molar-refractivity contribution < 1.29 is 13.2 Å². The smallest absolute Gasteiger partial charge is 0.267 e. The van der Waals surface area contributed by atoms with Crippen molar-refractivity contribution in [3.8, 4) is 5.75 Å². The molecule has 0 atom stereocenters. The van der Waals surface area contributed by atoms with Crippen LogP contribution in [0.2, 0.25) is 5.02 Å². The summed E-state index contributed by atoms with van der Waals surface area (Å²) in [7, 11) is -3.87. The molecule has 4 N–H and O–H groups in total. The number of hydrogen-bond donors (Lipinski definition) is 3. The third-order valence-corrected chi connectivity index (χ3v) is 4.04. The zero-order valence-corrected chi connectivity index (χ0v) is 12.1. The molecule has 0 saturated carbocycles.